The molecule has 1 aliphatic carbocycles. The molecule has 1 saturated carbocycles. The van der Waals surface area contributed by atoms with Crippen LogP contribution in [0.3, 0.4) is 0 Å². The van der Waals surface area contributed by atoms with Crippen molar-refractivity contribution >= 4 is 11.8 Å². The molecular weight excluding hydrogens is 374 g/mol. The first kappa shape index (κ1) is 19.0. The fraction of sp³-hybridized carbons (Fsp3) is 0.250. The van der Waals surface area contributed by atoms with Gasteiger partial charge in [0.25, 0.3) is 0 Å². The zero-order chi connectivity index (χ0) is 19.4. The van der Waals surface area contributed by atoms with Crippen molar-refractivity contribution in [3.8, 4) is 5.75 Å². The molecule has 0 amide bonds. The molecule has 0 aliphatic heterocycles. The second-order valence-electron chi connectivity index (χ2n) is 7.16. The minimum Gasteiger partial charge on any atom is -0.489 e. The van der Waals surface area contributed by atoms with Crippen molar-refractivity contribution in [1.29, 1.82) is 0 Å². The molecule has 4 rings (SSSR count). The molecule has 3 aromatic rings. The van der Waals surface area contributed by atoms with E-state index in [-0.39, 0.29) is 23.0 Å². The Balaban J connectivity index is 1.49. The average molecular weight is 397 g/mol. The van der Waals surface area contributed by atoms with Gasteiger partial charge >= 0.3 is 0 Å². The van der Waals surface area contributed by atoms with Crippen molar-refractivity contribution in [2.24, 2.45) is 0 Å². The molecule has 0 atom stereocenters. The highest BCUT2D eigenvalue weighted by molar-refractivity contribution is 8.00. The zero-order valence-corrected chi connectivity index (χ0v) is 16.4. The van der Waals surface area contributed by atoms with Gasteiger partial charge in [0.1, 0.15) is 24.0 Å². The maximum absolute atomic E-state index is 13.7. The SMILES string of the molecule is Fc1ccc(SC2(c3ccc(OCc4ccccc4F)cc3)CCCC2)cc1. The van der Waals surface area contributed by atoms with Gasteiger partial charge in [-0.1, -0.05) is 43.2 Å². The minimum atomic E-state index is -0.250. The van der Waals surface area contributed by atoms with Crippen LogP contribution >= 0.6 is 11.8 Å². The Kier molecular flexibility index (Phi) is 5.67. The van der Waals surface area contributed by atoms with Crippen LogP contribution in [0.25, 0.3) is 0 Å². The lowest BCUT2D eigenvalue weighted by molar-refractivity contribution is 0.299. The van der Waals surface area contributed by atoms with E-state index in [1.54, 1.807) is 18.2 Å². The van der Waals surface area contributed by atoms with Gasteiger partial charge < -0.3 is 4.74 Å². The Labute approximate surface area is 168 Å². The summed E-state index contributed by atoms with van der Waals surface area (Å²) in [5.41, 5.74) is 1.81. The molecule has 4 heteroatoms. The highest BCUT2D eigenvalue weighted by Crippen LogP contribution is 2.52. The first-order valence-corrected chi connectivity index (χ1v) is 10.4. The number of benzene rings is 3. The van der Waals surface area contributed by atoms with Crippen LogP contribution in [0, 0.1) is 11.6 Å². The summed E-state index contributed by atoms with van der Waals surface area (Å²) in [5, 5.41) is 0. The summed E-state index contributed by atoms with van der Waals surface area (Å²) in [6.45, 7) is 0.210. The number of hydrogen-bond acceptors (Lipinski definition) is 2. The third-order valence-corrected chi connectivity index (χ3v) is 6.81. The Hall–Kier alpha value is -2.33. The molecular formula is C24H22F2OS. The summed E-state index contributed by atoms with van der Waals surface area (Å²) < 4.78 is 32.8. The Bertz CT molecular complexity index is 916. The van der Waals surface area contributed by atoms with Crippen molar-refractivity contribution < 1.29 is 13.5 Å². The first-order chi connectivity index (χ1) is 13.6. The normalized spacial score (nSPS) is 15.5. The van der Waals surface area contributed by atoms with E-state index >= 15 is 0 Å². The van der Waals surface area contributed by atoms with Crippen LogP contribution < -0.4 is 4.74 Å². The Morgan fingerprint density at radius 2 is 1.50 bits per heavy atom. The molecule has 3 aromatic carbocycles. The molecule has 0 radical (unpaired) electrons. The van der Waals surface area contributed by atoms with Gasteiger partial charge in [-0.05, 0) is 60.9 Å². The van der Waals surface area contributed by atoms with E-state index in [2.05, 4.69) is 12.1 Å². The molecule has 1 nitrogen and oxygen atoms in total. The Morgan fingerprint density at radius 3 is 2.18 bits per heavy atom. The molecule has 0 heterocycles. The van der Waals surface area contributed by atoms with Gasteiger partial charge in [0, 0.05) is 15.2 Å². The fourth-order valence-electron chi connectivity index (χ4n) is 3.76. The molecule has 144 valence electrons. The van der Waals surface area contributed by atoms with Crippen LogP contribution in [-0.2, 0) is 11.4 Å². The largest absolute Gasteiger partial charge is 0.489 e. The molecule has 0 spiro atoms. The molecule has 0 unspecified atom stereocenters. The van der Waals surface area contributed by atoms with Crippen LogP contribution in [0.5, 0.6) is 5.75 Å². The van der Waals surface area contributed by atoms with Crippen LogP contribution in [0.15, 0.2) is 77.7 Å². The van der Waals surface area contributed by atoms with Gasteiger partial charge in [-0.3, -0.25) is 0 Å². The fourth-order valence-corrected chi connectivity index (χ4v) is 5.23. The van der Waals surface area contributed by atoms with Crippen LogP contribution in [0.2, 0.25) is 0 Å². The lowest BCUT2D eigenvalue weighted by atomic mass is 9.96. The predicted molar refractivity (Wildman–Crippen MR) is 110 cm³/mol. The van der Waals surface area contributed by atoms with Gasteiger partial charge in [0.2, 0.25) is 0 Å². The van der Waals surface area contributed by atoms with E-state index in [0.29, 0.717) is 5.56 Å². The first-order valence-electron chi connectivity index (χ1n) is 9.56. The lowest BCUT2D eigenvalue weighted by Gasteiger charge is -2.29. The summed E-state index contributed by atoms with van der Waals surface area (Å²) in [6, 6.07) is 21.5. The maximum atomic E-state index is 13.7. The average Bonchev–Trinajstić information content (AvgIpc) is 3.19. The number of rotatable bonds is 6. The summed E-state index contributed by atoms with van der Waals surface area (Å²) >= 11 is 1.82. The van der Waals surface area contributed by atoms with Crippen molar-refractivity contribution in [2.75, 3.05) is 0 Å². The summed E-state index contributed by atoms with van der Waals surface area (Å²) in [4.78, 5) is 1.09. The van der Waals surface area contributed by atoms with Gasteiger partial charge in [0.15, 0.2) is 0 Å². The highest BCUT2D eigenvalue weighted by atomic mass is 32.2. The van der Waals surface area contributed by atoms with Gasteiger partial charge in [-0.2, -0.15) is 0 Å². The third kappa shape index (κ3) is 4.22. The second kappa shape index (κ2) is 8.36. The number of thioether (sulfide) groups is 1. The van der Waals surface area contributed by atoms with E-state index in [4.69, 9.17) is 4.74 Å². The summed E-state index contributed by atoms with van der Waals surface area (Å²) in [5.74, 6) is 0.271. The van der Waals surface area contributed by atoms with Crippen LogP contribution in [0.4, 0.5) is 8.78 Å². The monoisotopic (exact) mass is 396 g/mol. The van der Waals surface area contributed by atoms with Crippen molar-refractivity contribution in [2.45, 2.75) is 41.9 Å². The lowest BCUT2D eigenvalue weighted by Crippen LogP contribution is -2.17. The molecule has 0 bridgehead atoms. The number of hydrogen-bond donors (Lipinski definition) is 0. The Morgan fingerprint density at radius 1 is 0.821 bits per heavy atom. The summed E-state index contributed by atoms with van der Waals surface area (Å²) in [6.07, 6.45) is 4.59. The van der Waals surface area contributed by atoms with Gasteiger partial charge in [-0.15, -0.1) is 11.8 Å². The van der Waals surface area contributed by atoms with Crippen LogP contribution in [0.1, 0.15) is 36.8 Å². The maximum Gasteiger partial charge on any atom is 0.129 e. The van der Waals surface area contributed by atoms with E-state index < -0.39 is 0 Å². The molecule has 28 heavy (non-hydrogen) atoms. The van der Waals surface area contributed by atoms with Gasteiger partial charge in [0.05, 0.1) is 0 Å². The second-order valence-corrected chi connectivity index (χ2v) is 8.62. The molecule has 0 N–H and O–H groups in total. The van der Waals surface area contributed by atoms with E-state index in [0.717, 1.165) is 23.5 Å². The van der Waals surface area contributed by atoms with Crippen molar-refractivity contribution in [3.05, 3.63) is 95.6 Å². The topological polar surface area (TPSA) is 9.23 Å². The smallest absolute Gasteiger partial charge is 0.129 e. The third-order valence-electron chi connectivity index (χ3n) is 5.27. The predicted octanol–water partition coefficient (Wildman–Crippen LogP) is 7.11. The standard InChI is InChI=1S/C24H22F2OS/c25-20-9-13-22(14-10-20)28-24(15-3-4-16-24)19-7-11-21(12-8-19)27-17-18-5-1-2-6-23(18)26/h1-2,5-14H,3-4,15-17H2. The van der Waals surface area contributed by atoms with Gasteiger partial charge in [-0.25, -0.2) is 8.78 Å². The number of ether oxygens (including phenoxy) is 1. The molecule has 1 aliphatic rings. The minimum absolute atomic E-state index is 0.0158. The quantitative estimate of drug-likeness (QED) is 0.439. The molecule has 0 aromatic heterocycles. The van der Waals surface area contributed by atoms with E-state index in [9.17, 15) is 8.78 Å². The summed E-state index contributed by atoms with van der Waals surface area (Å²) in [7, 11) is 0. The number of halogens is 2. The van der Waals surface area contributed by atoms with Crippen molar-refractivity contribution in [3.63, 3.8) is 0 Å². The van der Waals surface area contributed by atoms with Crippen molar-refractivity contribution in [1.82, 2.24) is 0 Å². The zero-order valence-electron chi connectivity index (χ0n) is 15.5. The highest BCUT2D eigenvalue weighted by Gasteiger charge is 2.36. The molecule has 0 saturated heterocycles. The van der Waals surface area contributed by atoms with E-state index in [1.807, 2.05) is 36.0 Å². The molecule has 1 fully saturated rings. The van der Waals surface area contributed by atoms with E-state index in [1.165, 1.54) is 36.6 Å². The van der Waals surface area contributed by atoms with Crippen LogP contribution in [-0.4, -0.2) is 0 Å².